The number of ether oxygens (including phenoxy) is 1. The number of aromatic nitrogens is 3. The van der Waals surface area contributed by atoms with Crippen molar-refractivity contribution >= 4 is 40.0 Å². The topological polar surface area (TPSA) is 106 Å². The quantitative estimate of drug-likeness (QED) is 0.392. The molecule has 2 aromatic heterocycles. The van der Waals surface area contributed by atoms with Gasteiger partial charge in [0.1, 0.15) is 11.8 Å². The van der Waals surface area contributed by atoms with Crippen LogP contribution in [-0.4, -0.2) is 50.4 Å². The number of fused-ring (bicyclic) bond motifs is 2. The lowest BCUT2D eigenvalue weighted by Gasteiger charge is -2.26. The Morgan fingerprint density at radius 3 is 2.29 bits per heavy atom. The molecule has 35 heavy (non-hydrogen) atoms. The largest absolute Gasteiger partial charge is 0.496 e. The van der Waals surface area contributed by atoms with Gasteiger partial charge in [-0.3, -0.25) is 24.6 Å². The predicted octanol–water partition coefficient (Wildman–Crippen LogP) is 4.12. The lowest BCUT2D eigenvalue weighted by Crippen LogP contribution is -2.48. The number of methoxy groups -OCH3 is 1. The van der Waals surface area contributed by atoms with Crippen molar-refractivity contribution in [3.63, 3.8) is 0 Å². The van der Waals surface area contributed by atoms with E-state index in [0.717, 1.165) is 16.2 Å². The predicted molar refractivity (Wildman–Crippen MR) is 132 cm³/mol. The van der Waals surface area contributed by atoms with Crippen LogP contribution in [0.1, 0.15) is 41.0 Å². The van der Waals surface area contributed by atoms with Crippen molar-refractivity contribution in [3.05, 3.63) is 65.0 Å². The van der Waals surface area contributed by atoms with Crippen LogP contribution in [0.2, 0.25) is 0 Å². The molecule has 3 amide bonds. The Balaban J connectivity index is 1.44. The number of thiazole rings is 1. The fourth-order valence-corrected chi connectivity index (χ4v) is 5.06. The van der Waals surface area contributed by atoms with Crippen molar-refractivity contribution < 1.29 is 19.1 Å². The average Bonchev–Trinajstić information content (AvgIpc) is 3.49. The highest BCUT2D eigenvalue weighted by Crippen LogP contribution is 2.33. The minimum absolute atomic E-state index is 0.0608. The first-order chi connectivity index (χ1) is 16.9. The third-order valence-electron chi connectivity index (χ3n) is 5.83. The molecule has 1 aliphatic rings. The Morgan fingerprint density at radius 2 is 1.66 bits per heavy atom. The highest BCUT2D eigenvalue weighted by Gasteiger charge is 2.43. The van der Waals surface area contributed by atoms with Gasteiger partial charge < -0.3 is 4.74 Å². The van der Waals surface area contributed by atoms with Crippen LogP contribution < -0.4 is 10.1 Å². The van der Waals surface area contributed by atoms with E-state index in [1.807, 2.05) is 43.5 Å². The van der Waals surface area contributed by atoms with Crippen molar-refractivity contribution in [2.75, 3.05) is 12.4 Å². The number of hydrogen-bond acceptors (Lipinski definition) is 7. The Labute approximate surface area is 205 Å². The second-order valence-corrected chi connectivity index (χ2v) is 9.45. The Bertz CT molecular complexity index is 1420. The summed E-state index contributed by atoms with van der Waals surface area (Å²) in [5.74, 6) is -0.595. The molecule has 4 aromatic rings. The highest BCUT2D eigenvalue weighted by molar-refractivity contribution is 7.15. The van der Waals surface area contributed by atoms with Gasteiger partial charge in [0, 0.05) is 10.9 Å². The second kappa shape index (κ2) is 8.95. The van der Waals surface area contributed by atoms with Crippen LogP contribution in [0.3, 0.4) is 0 Å². The zero-order chi connectivity index (χ0) is 24.7. The molecule has 0 aliphatic carbocycles. The van der Waals surface area contributed by atoms with Crippen molar-refractivity contribution in [1.29, 1.82) is 0 Å². The van der Waals surface area contributed by atoms with E-state index in [-0.39, 0.29) is 11.9 Å². The number of benzene rings is 2. The first kappa shape index (κ1) is 22.7. The van der Waals surface area contributed by atoms with Gasteiger partial charge in [0.15, 0.2) is 0 Å². The molecule has 1 aliphatic heterocycles. The van der Waals surface area contributed by atoms with Crippen LogP contribution in [0.4, 0.5) is 5.95 Å². The molecule has 10 heteroatoms. The number of amides is 3. The Hall–Kier alpha value is -4.05. The summed E-state index contributed by atoms with van der Waals surface area (Å²) < 4.78 is 7.10. The zero-order valence-electron chi connectivity index (χ0n) is 19.4. The van der Waals surface area contributed by atoms with E-state index in [1.165, 1.54) is 11.3 Å². The molecule has 1 unspecified atom stereocenters. The molecule has 3 heterocycles. The molecule has 5 rings (SSSR count). The summed E-state index contributed by atoms with van der Waals surface area (Å²) in [6.45, 7) is 3.87. The van der Waals surface area contributed by atoms with Crippen LogP contribution in [0, 0.1) is 5.92 Å². The molecule has 1 N–H and O–H groups in total. The van der Waals surface area contributed by atoms with Crippen LogP contribution in [0.15, 0.2) is 53.9 Å². The van der Waals surface area contributed by atoms with Gasteiger partial charge in [0.2, 0.25) is 10.9 Å². The Morgan fingerprint density at radius 1 is 1.03 bits per heavy atom. The molecule has 2 aromatic carbocycles. The molecule has 0 radical (unpaired) electrons. The molecular weight excluding hydrogens is 466 g/mol. The molecule has 0 saturated heterocycles. The first-order valence-electron chi connectivity index (χ1n) is 11.1. The monoisotopic (exact) mass is 489 g/mol. The summed E-state index contributed by atoms with van der Waals surface area (Å²) in [6.07, 6.45) is 0.311. The summed E-state index contributed by atoms with van der Waals surface area (Å²) in [4.78, 5) is 45.5. The van der Waals surface area contributed by atoms with Crippen molar-refractivity contribution in [2.24, 2.45) is 5.92 Å². The molecule has 178 valence electrons. The lowest BCUT2D eigenvalue weighted by atomic mass is 10.0. The first-order valence-corrected chi connectivity index (χ1v) is 12.0. The average molecular weight is 490 g/mol. The Kier molecular flexibility index (Phi) is 5.81. The molecule has 9 nitrogen and oxygen atoms in total. The molecule has 0 bridgehead atoms. The number of rotatable bonds is 7. The molecule has 0 saturated carbocycles. The maximum absolute atomic E-state index is 13.4. The maximum atomic E-state index is 13.4. The van der Waals surface area contributed by atoms with E-state index in [4.69, 9.17) is 4.74 Å². The number of carbonyl (C=O) groups is 3. The van der Waals surface area contributed by atoms with Gasteiger partial charge in [-0.05, 0) is 36.6 Å². The van der Waals surface area contributed by atoms with Crippen LogP contribution in [-0.2, 0) is 4.79 Å². The van der Waals surface area contributed by atoms with Crippen LogP contribution in [0.5, 0.6) is 5.75 Å². The lowest BCUT2D eigenvalue weighted by molar-refractivity contribution is -0.120. The molecule has 0 fully saturated rings. The third-order valence-corrected chi connectivity index (χ3v) is 6.65. The standard InChI is InChI=1S/C25H23N5O4S/c1-14(2)12-18(29-22(32)15-8-4-5-9-16(15)23(29)33)21(31)26-24-27-25-30(28-24)19(13-35-25)17-10-6-7-11-20(17)34-3/h4-11,13-14,18H,12H2,1-3H3,(H,26,28,31). The van der Waals surface area contributed by atoms with Crippen molar-refractivity contribution in [3.8, 4) is 17.0 Å². The minimum Gasteiger partial charge on any atom is -0.496 e. The molecule has 0 spiro atoms. The van der Waals surface area contributed by atoms with E-state index >= 15 is 0 Å². The van der Waals surface area contributed by atoms with Gasteiger partial charge in [-0.2, -0.15) is 4.98 Å². The summed E-state index contributed by atoms with van der Waals surface area (Å²) in [7, 11) is 1.60. The number of nitrogens with one attached hydrogen (secondary N) is 1. The fourth-order valence-electron chi connectivity index (χ4n) is 4.24. The smallest absolute Gasteiger partial charge is 0.262 e. The molecular formula is C25H23N5O4S. The number of imide groups is 1. The normalized spacial score (nSPS) is 14.0. The fraction of sp³-hybridized carbons (Fsp3) is 0.240. The van der Waals surface area contributed by atoms with Gasteiger partial charge in [-0.15, -0.1) is 16.4 Å². The van der Waals surface area contributed by atoms with Crippen molar-refractivity contribution in [1.82, 2.24) is 19.5 Å². The number of hydrogen-bond donors (Lipinski definition) is 1. The SMILES string of the molecule is COc1ccccc1-c1csc2nc(NC(=O)C(CC(C)C)N3C(=O)c4ccccc4C3=O)nn12. The van der Waals surface area contributed by atoms with Gasteiger partial charge in [0.25, 0.3) is 17.8 Å². The van der Waals surface area contributed by atoms with Gasteiger partial charge in [0.05, 0.1) is 23.9 Å². The van der Waals surface area contributed by atoms with Gasteiger partial charge in [-0.25, -0.2) is 4.52 Å². The summed E-state index contributed by atoms with van der Waals surface area (Å²) in [5, 5.41) is 9.11. The number of anilines is 1. The summed E-state index contributed by atoms with van der Waals surface area (Å²) in [5.41, 5.74) is 2.23. The van der Waals surface area contributed by atoms with E-state index in [1.54, 1.807) is 35.9 Å². The van der Waals surface area contributed by atoms with Gasteiger partial charge in [-0.1, -0.05) is 38.1 Å². The second-order valence-electron chi connectivity index (χ2n) is 8.61. The number of para-hydroxylation sites is 1. The van der Waals surface area contributed by atoms with Crippen LogP contribution >= 0.6 is 11.3 Å². The van der Waals surface area contributed by atoms with E-state index in [9.17, 15) is 14.4 Å². The highest BCUT2D eigenvalue weighted by atomic mass is 32.1. The number of nitrogens with zero attached hydrogens (tertiary/aromatic N) is 4. The maximum Gasteiger partial charge on any atom is 0.262 e. The van der Waals surface area contributed by atoms with Crippen LogP contribution in [0.25, 0.3) is 16.2 Å². The third kappa shape index (κ3) is 3.95. The summed E-state index contributed by atoms with van der Waals surface area (Å²) >= 11 is 1.38. The zero-order valence-corrected chi connectivity index (χ0v) is 20.2. The van der Waals surface area contributed by atoms with E-state index < -0.39 is 23.8 Å². The van der Waals surface area contributed by atoms with E-state index in [0.29, 0.717) is 28.3 Å². The van der Waals surface area contributed by atoms with Crippen molar-refractivity contribution in [2.45, 2.75) is 26.3 Å². The molecule has 1 atom stereocenters. The minimum atomic E-state index is -0.988. The van der Waals surface area contributed by atoms with Gasteiger partial charge >= 0.3 is 0 Å². The summed E-state index contributed by atoms with van der Waals surface area (Å²) in [6, 6.07) is 13.2. The van der Waals surface area contributed by atoms with E-state index in [2.05, 4.69) is 15.4 Å². The number of carbonyl (C=O) groups excluding carboxylic acids is 3.